The molecular weight excluding hydrogens is 314 g/mol. The van der Waals surface area contributed by atoms with Gasteiger partial charge in [0.1, 0.15) is 5.41 Å². The second-order valence-corrected chi connectivity index (χ2v) is 6.96. The number of rotatable bonds is 4. The first-order chi connectivity index (χ1) is 11.1. The fourth-order valence-electron chi connectivity index (χ4n) is 4.21. The molecule has 7 nitrogen and oxygen atoms in total. The minimum absolute atomic E-state index is 0.0227. The van der Waals surface area contributed by atoms with E-state index in [-0.39, 0.29) is 26.1 Å². The van der Waals surface area contributed by atoms with Crippen LogP contribution in [-0.2, 0) is 23.9 Å². The van der Waals surface area contributed by atoms with Crippen LogP contribution in [0.1, 0.15) is 40.5 Å². The molecule has 0 aromatic carbocycles. The van der Waals surface area contributed by atoms with Crippen molar-refractivity contribution < 1.29 is 29.0 Å². The van der Waals surface area contributed by atoms with Gasteiger partial charge in [-0.1, -0.05) is 0 Å². The molecule has 0 unspecified atom stereocenters. The zero-order valence-corrected chi connectivity index (χ0v) is 14.4. The fourth-order valence-corrected chi connectivity index (χ4v) is 4.21. The van der Waals surface area contributed by atoms with E-state index in [1.807, 2.05) is 6.07 Å². The summed E-state index contributed by atoms with van der Waals surface area (Å²) in [6.45, 7) is 6.27. The Hall–Kier alpha value is -1.94. The molecule has 2 bridgehead atoms. The average Bonchev–Trinajstić information content (AvgIpc) is 2.52. The fraction of sp³-hybridized carbons (Fsp3) is 0.765. The van der Waals surface area contributed by atoms with Gasteiger partial charge in [0.2, 0.25) is 0 Å². The molecule has 4 atom stereocenters. The van der Waals surface area contributed by atoms with E-state index in [1.165, 1.54) is 13.8 Å². The summed E-state index contributed by atoms with van der Waals surface area (Å²) in [5, 5.41) is 20.2. The predicted octanol–water partition coefficient (Wildman–Crippen LogP) is 0.989. The molecule has 0 aromatic rings. The van der Waals surface area contributed by atoms with Crippen LogP contribution in [0.25, 0.3) is 0 Å². The largest absolute Gasteiger partial charge is 0.465 e. The predicted molar refractivity (Wildman–Crippen MR) is 81.3 cm³/mol. The van der Waals surface area contributed by atoms with E-state index < -0.39 is 46.0 Å². The summed E-state index contributed by atoms with van der Waals surface area (Å²) in [5.74, 6) is -4.01. The number of aliphatic hydroxyl groups is 1. The zero-order chi connectivity index (χ0) is 18.3. The van der Waals surface area contributed by atoms with E-state index in [0.29, 0.717) is 0 Å². The minimum Gasteiger partial charge on any atom is -0.465 e. The number of Topliss-reactive ketones (excluding diaryl/α,β-unsaturated/α-hetero) is 1. The first-order valence-corrected chi connectivity index (χ1v) is 8.14. The lowest BCUT2D eigenvalue weighted by Crippen LogP contribution is -2.70. The Morgan fingerprint density at radius 1 is 1.21 bits per heavy atom. The number of nitrogens with zero attached hydrogens (tertiary/aromatic N) is 1. The van der Waals surface area contributed by atoms with Crippen LogP contribution in [0.15, 0.2) is 0 Å². The van der Waals surface area contributed by atoms with Crippen LogP contribution in [0.5, 0.6) is 0 Å². The van der Waals surface area contributed by atoms with Crippen molar-refractivity contribution in [2.24, 2.45) is 22.7 Å². The van der Waals surface area contributed by atoms with Crippen LogP contribution in [0.3, 0.4) is 0 Å². The van der Waals surface area contributed by atoms with E-state index in [0.717, 1.165) is 0 Å². The van der Waals surface area contributed by atoms with Crippen LogP contribution < -0.4 is 0 Å². The van der Waals surface area contributed by atoms with Gasteiger partial charge in [-0.25, -0.2) is 0 Å². The second kappa shape index (κ2) is 5.85. The van der Waals surface area contributed by atoms with Crippen molar-refractivity contribution in [1.82, 2.24) is 0 Å². The molecule has 0 saturated heterocycles. The molecular formula is C17H23NO6. The number of carbonyl (C=O) groups is 3. The molecule has 0 aromatic heterocycles. The lowest BCUT2D eigenvalue weighted by Gasteiger charge is -2.58. The van der Waals surface area contributed by atoms with E-state index in [4.69, 9.17) is 9.47 Å². The number of ether oxygens (including phenoxy) is 2. The Morgan fingerprint density at radius 2 is 1.71 bits per heavy atom. The van der Waals surface area contributed by atoms with Gasteiger partial charge in [-0.15, -0.1) is 0 Å². The quantitative estimate of drug-likeness (QED) is 0.601. The molecule has 7 heteroatoms. The van der Waals surface area contributed by atoms with Gasteiger partial charge < -0.3 is 14.6 Å². The first-order valence-electron chi connectivity index (χ1n) is 8.14. The van der Waals surface area contributed by atoms with Gasteiger partial charge in [-0.05, 0) is 40.5 Å². The summed E-state index contributed by atoms with van der Waals surface area (Å²) in [7, 11) is 0. The Kier molecular flexibility index (Phi) is 4.49. The van der Waals surface area contributed by atoms with Crippen LogP contribution in [0.4, 0.5) is 0 Å². The molecule has 0 spiro atoms. The normalized spacial score (nSPS) is 36.8. The number of nitriles is 1. The molecule has 3 saturated carbocycles. The van der Waals surface area contributed by atoms with Crippen molar-refractivity contribution in [2.75, 3.05) is 13.2 Å². The highest BCUT2D eigenvalue weighted by atomic mass is 16.6. The maximum Gasteiger partial charge on any atom is 0.323 e. The summed E-state index contributed by atoms with van der Waals surface area (Å²) in [6.07, 6.45) is -0.219. The highest BCUT2D eigenvalue weighted by Crippen LogP contribution is 2.62. The van der Waals surface area contributed by atoms with Crippen molar-refractivity contribution in [3.63, 3.8) is 0 Å². The summed E-state index contributed by atoms with van der Waals surface area (Å²) >= 11 is 0. The zero-order valence-electron chi connectivity index (χ0n) is 14.4. The Balaban J connectivity index is 2.65. The van der Waals surface area contributed by atoms with E-state index >= 15 is 0 Å². The third-order valence-corrected chi connectivity index (χ3v) is 5.53. The number of esters is 2. The average molecular weight is 337 g/mol. The third-order valence-electron chi connectivity index (χ3n) is 5.53. The maximum absolute atomic E-state index is 12.7. The van der Waals surface area contributed by atoms with E-state index in [9.17, 15) is 24.8 Å². The van der Waals surface area contributed by atoms with Gasteiger partial charge in [0, 0.05) is 11.8 Å². The number of carbonyl (C=O) groups excluding carboxylic acids is 3. The number of hydrogen-bond donors (Lipinski definition) is 1. The Bertz CT molecular complexity index is 601. The van der Waals surface area contributed by atoms with Gasteiger partial charge in [0.05, 0.1) is 24.9 Å². The van der Waals surface area contributed by atoms with Gasteiger partial charge in [-0.3, -0.25) is 14.4 Å². The number of hydrogen-bond acceptors (Lipinski definition) is 7. The molecule has 0 radical (unpaired) electrons. The Morgan fingerprint density at radius 3 is 2.12 bits per heavy atom. The highest BCUT2D eigenvalue weighted by molar-refractivity contribution is 6.05. The summed E-state index contributed by atoms with van der Waals surface area (Å²) in [5.41, 5.74) is -4.66. The molecule has 3 fully saturated rings. The molecule has 24 heavy (non-hydrogen) atoms. The SMILES string of the molecule is CCOC(=O)C1(C(=O)OCC)C[C@@H]2C(=O)[C@](C)(C#N)[C@H]1C[C@@]2(C)O. The van der Waals surface area contributed by atoms with Crippen LogP contribution >= 0.6 is 0 Å². The van der Waals surface area contributed by atoms with E-state index in [2.05, 4.69) is 0 Å². The molecule has 0 aliphatic heterocycles. The lowest BCUT2D eigenvalue weighted by atomic mass is 9.43. The number of fused-ring (bicyclic) bond motifs is 3. The smallest absolute Gasteiger partial charge is 0.323 e. The van der Waals surface area contributed by atoms with Gasteiger partial charge in [-0.2, -0.15) is 5.26 Å². The maximum atomic E-state index is 12.7. The summed E-state index contributed by atoms with van der Waals surface area (Å²) in [4.78, 5) is 38.2. The summed E-state index contributed by atoms with van der Waals surface area (Å²) in [6, 6.07) is 1.97. The third kappa shape index (κ3) is 2.24. The number of ketones is 1. The van der Waals surface area contributed by atoms with Crippen LogP contribution in [0, 0.1) is 34.0 Å². The molecule has 1 N–H and O–H groups in total. The first kappa shape index (κ1) is 18.4. The molecule has 0 amide bonds. The standard InChI is InChI=1S/C17H23NO6/c1-5-23-13(20)17(14(21)24-6-2)7-10-12(19)15(3,9-18)11(17)8-16(10,4)22/h10-11,22H,5-8H2,1-4H3/t10-,11-,15-,16-/m1/s1. The van der Waals surface area contributed by atoms with Crippen LogP contribution in [-0.4, -0.2) is 41.6 Å². The molecule has 3 aliphatic rings. The van der Waals surface area contributed by atoms with Gasteiger partial charge in [0.25, 0.3) is 0 Å². The van der Waals surface area contributed by atoms with Crippen molar-refractivity contribution >= 4 is 17.7 Å². The highest BCUT2D eigenvalue weighted by Gasteiger charge is 2.74. The van der Waals surface area contributed by atoms with Crippen molar-refractivity contribution in [1.29, 1.82) is 5.26 Å². The monoisotopic (exact) mass is 337 g/mol. The van der Waals surface area contributed by atoms with Gasteiger partial charge in [0.15, 0.2) is 11.2 Å². The topological polar surface area (TPSA) is 114 Å². The van der Waals surface area contributed by atoms with Crippen LogP contribution in [0.2, 0.25) is 0 Å². The second-order valence-electron chi connectivity index (χ2n) is 6.96. The van der Waals surface area contributed by atoms with Crippen molar-refractivity contribution in [3.05, 3.63) is 0 Å². The Labute approximate surface area is 140 Å². The summed E-state index contributed by atoms with van der Waals surface area (Å²) < 4.78 is 10.2. The van der Waals surface area contributed by atoms with E-state index in [1.54, 1.807) is 13.8 Å². The minimum atomic E-state index is -1.74. The van der Waals surface area contributed by atoms with Crippen molar-refractivity contribution in [3.8, 4) is 6.07 Å². The van der Waals surface area contributed by atoms with Crippen molar-refractivity contribution in [2.45, 2.75) is 46.1 Å². The molecule has 132 valence electrons. The molecule has 3 rings (SSSR count). The van der Waals surface area contributed by atoms with Gasteiger partial charge >= 0.3 is 11.9 Å². The molecule has 3 aliphatic carbocycles. The molecule has 0 heterocycles. The lowest BCUT2D eigenvalue weighted by molar-refractivity contribution is -0.211.